The number of nitro groups is 1. The monoisotopic (exact) mass is 343 g/mol. The Kier molecular flexibility index (Phi) is 5.51. The van der Waals surface area contributed by atoms with Crippen LogP contribution in [0.3, 0.4) is 0 Å². The van der Waals surface area contributed by atoms with E-state index >= 15 is 0 Å². The molecule has 0 aliphatic heterocycles. The number of rotatable bonds is 8. The summed E-state index contributed by atoms with van der Waals surface area (Å²) in [5.41, 5.74) is -0.386. The average Bonchev–Trinajstić information content (AvgIpc) is 3.38. The van der Waals surface area contributed by atoms with E-state index in [1.165, 1.54) is 0 Å². The quantitative estimate of drug-likeness (QED) is 0.575. The molecule has 0 heterocycles. The van der Waals surface area contributed by atoms with Gasteiger partial charge in [0.15, 0.2) is 0 Å². The van der Waals surface area contributed by atoms with Crippen molar-refractivity contribution in [3.63, 3.8) is 0 Å². The van der Waals surface area contributed by atoms with Gasteiger partial charge in [0, 0.05) is 23.4 Å². The van der Waals surface area contributed by atoms with Crippen LogP contribution in [0.1, 0.15) is 24.5 Å². The van der Waals surface area contributed by atoms with Crippen molar-refractivity contribution in [3.8, 4) is 6.07 Å². The van der Waals surface area contributed by atoms with Gasteiger partial charge in [0.05, 0.1) is 11.0 Å². The fourth-order valence-electron chi connectivity index (χ4n) is 2.29. The Hall–Kier alpha value is -1.76. The Morgan fingerprint density at radius 2 is 2.30 bits per heavy atom. The van der Waals surface area contributed by atoms with Gasteiger partial charge in [0.1, 0.15) is 23.3 Å². The van der Waals surface area contributed by atoms with E-state index in [9.17, 15) is 24.2 Å². The van der Waals surface area contributed by atoms with Gasteiger partial charge in [-0.2, -0.15) is 5.26 Å². The van der Waals surface area contributed by atoms with E-state index in [4.69, 9.17) is 10.7 Å². The lowest BCUT2D eigenvalue weighted by atomic mass is 10.1. The Morgan fingerprint density at radius 3 is 2.78 bits per heavy atom. The van der Waals surface area contributed by atoms with Gasteiger partial charge in [-0.15, -0.1) is 11.8 Å². The number of nitriles is 1. The lowest BCUT2D eigenvalue weighted by Crippen LogP contribution is -2.30. The molecule has 2 unspecified atom stereocenters. The molecule has 1 aliphatic rings. The Balaban J connectivity index is 2.18. The molecule has 1 fully saturated rings. The topological polar surface area (TPSA) is 102 Å². The van der Waals surface area contributed by atoms with Crippen molar-refractivity contribution >= 4 is 17.4 Å². The number of nitro benzene ring substituents is 1. The highest BCUT2D eigenvalue weighted by atomic mass is 32.2. The zero-order valence-electron chi connectivity index (χ0n) is 12.1. The van der Waals surface area contributed by atoms with Gasteiger partial charge in [0.25, 0.3) is 5.69 Å². The Labute approximate surface area is 135 Å². The molecule has 0 spiro atoms. The Bertz CT molecular complexity index is 636. The van der Waals surface area contributed by atoms with Gasteiger partial charge in [0.2, 0.25) is 0 Å². The molecular weight excluding hydrogens is 328 g/mol. The number of thioether (sulfide) groups is 1. The van der Waals surface area contributed by atoms with E-state index in [0.717, 1.165) is 42.8 Å². The molecule has 2 rings (SSSR count). The normalized spacial score (nSPS) is 18.0. The SMILES string of the molecule is N#CC(CF)(SCC(ON)c1cc([N+](=O)[O-])ccc1F)C1CC1. The molecule has 2 atom stereocenters. The number of nitrogens with two attached hydrogens (primary N) is 1. The molecule has 1 aromatic rings. The molecule has 23 heavy (non-hydrogen) atoms. The summed E-state index contributed by atoms with van der Waals surface area (Å²) < 4.78 is 26.0. The molecule has 0 radical (unpaired) electrons. The van der Waals surface area contributed by atoms with Gasteiger partial charge in [-0.05, 0) is 24.8 Å². The van der Waals surface area contributed by atoms with Crippen LogP contribution in [-0.4, -0.2) is 22.1 Å². The molecule has 1 aliphatic carbocycles. The zero-order valence-corrected chi connectivity index (χ0v) is 12.9. The first-order valence-electron chi connectivity index (χ1n) is 6.88. The fraction of sp³-hybridized carbons (Fsp3) is 0.500. The minimum atomic E-state index is -1.20. The molecule has 0 bridgehead atoms. The summed E-state index contributed by atoms with van der Waals surface area (Å²) in [4.78, 5) is 14.9. The number of non-ortho nitro benzene ring substituents is 1. The molecule has 0 amide bonds. The van der Waals surface area contributed by atoms with Crippen molar-refractivity contribution in [3.05, 3.63) is 39.7 Å². The summed E-state index contributed by atoms with van der Waals surface area (Å²) in [5.74, 6) is 4.44. The van der Waals surface area contributed by atoms with Crippen LogP contribution in [0.25, 0.3) is 0 Å². The standard InChI is InChI=1S/C14H15F2N3O3S/c15-7-14(8-17,9-1-2-9)23-6-13(22-18)11-5-10(19(20)21)3-4-12(11)16/h3-5,9,13H,1-2,6-7,18H2. The van der Waals surface area contributed by atoms with E-state index in [1.807, 2.05) is 6.07 Å². The maximum Gasteiger partial charge on any atom is 0.270 e. The molecule has 1 aromatic carbocycles. The van der Waals surface area contributed by atoms with E-state index < -0.39 is 28.3 Å². The highest BCUT2D eigenvalue weighted by molar-refractivity contribution is 8.01. The van der Waals surface area contributed by atoms with E-state index in [0.29, 0.717) is 0 Å². The third-order valence-electron chi connectivity index (χ3n) is 3.82. The van der Waals surface area contributed by atoms with Crippen molar-refractivity contribution in [1.29, 1.82) is 5.26 Å². The number of halogens is 2. The third-order valence-corrected chi connectivity index (χ3v) is 5.34. The maximum atomic E-state index is 13.9. The second kappa shape index (κ2) is 7.21. The van der Waals surface area contributed by atoms with Crippen molar-refractivity contribution in [2.45, 2.75) is 23.7 Å². The molecule has 0 saturated heterocycles. The lowest BCUT2D eigenvalue weighted by Gasteiger charge is -2.24. The van der Waals surface area contributed by atoms with Crippen molar-refractivity contribution in [1.82, 2.24) is 0 Å². The minimum absolute atomic E-state index is 0.0164. The smallest absolute Gasteiger partial charge is 0.270 e. The van der Waals surface area contributed by atoms with Gasteiger partial charge in [-0.3, -0.25) is 15.0 Å². The van der Waals surface area contributed by atoms with Crippen molar-refractivity contribution in [2.75, 3.05) is 12.4 Å². The highest BCUT2D eigenvalue weighted by Crippen LogP contribution is 2.48. The first-order chi connectivity index (χ1) is 11.0. The van der Waals surface area contributed by atoms with Crippen LogP contribution >= 0.6 is 11.8 Å². The summed E-state index contributed by atoms with van der Waals surface area (Å²) in [6.45, 7) is -0.826. The number of benzene rings is 1. The van der Waals surface area contributed by atoms with Crippen LogP contribution < -0.4 is 5.90 Å². The number of nitrogens with zero attached hydrogens (tertiary/aromatic N) is 2. The molecule has 1 saturated carbocycles. The lowest BCUT2D eigenvalue weighted by molar-refractivity contribution is -0.385. The first kappa shape index (κ1) is 17.6. The largest absolute Gasteiger partial charge is 0.296 e. The zero-order chi connectivity index (χ0) is 17.0. The summed E-state index contributed by atoms with van der Waals surface area (Å²) in [7, 11) is 0. The number of hydrogen-bond donors (Lipinski definition) is 1. The maximum absolute atomic E-state index is 13.9. The number of alkyl halides is 1. The van der Waals surface area contributed by atoms with Crippen LogP contribution in [0.5, 0.6) is 0 Å². The molecule has 9 heteroatoms. The van der Waals surface area contributed by atoms with Crippen molar-refractivity contribution < 1.29 is 18.5 Å². The molecular formula is C14H15F2N3O3S. The summed E-state index contributed by atoms with van der Waals surface area (Å²) in [6.07, 6.45) is 0.520. The number of hydrogen-bond acceptors (Lipinski definition) is 6. The van der Waals surface area contributed by atoms with Crippen LogP contribution in [0.2, 0.25) is 0 Å². The molecule has 6 nitrogen and oxygen atoms in total. The fourth-order valence-corrected chi connectivity index (χ4v) is 3.61. The van der Waals surface area contributed by atoms with Gasteiger partial charge in [-0.25, -0.2) is 14.7 Å². The summed E-state index contributed by atoms with van der Waals surface area (Å²) in [6, 6.07) is 5.02. The summed E-state index contributed by atoms with van der Waals surface area (Å²) >= 11 is 1.01. The van der Waals surface area contributed by atoms with Gasteiger partial charge >= 0.3 is 0 Å². The van der Waals surface area contributed by atoms with Crippen LogP contribution in [-0.2, 0) is 4.84 Å². The predicted molar refractivity (Wildman–Crippen MR) is 80.6 cm³/mol. The van der Waals surface area contributed by atoms with E-state index in [-0.39, 0.29) is 22.9 Å². The van der Waals surface area contributed by atoms with E-state index in [1.54, 1.807) is 0 Å². The molecule has 124 valence electrons. The van der Waals surface area contributed by atoms with Crippen LogP contribution in [0.15, 0.2) is 18.2 Å². The van der Waals surface area contributed by atoms with Gasteiger partial charge < -0.3 is 0 Å². The first-order valence-corrected chi connectivity index (χ1v) is 7.86. The van der Waals surface area contributed by atoms with Crippen LogP contribution in [0.4, 0.5) is 14.5 Å². The molecule has 0 aromatic heterocycles. The Morgan fingerprint density at radius 1 is 1.61 bits per heavy atom. The second-order valence-electron chi connectivity index (χ2n) is 5.31. The minimum Gasteiger partial charge on any atom is -0.296 e. The predicted octanol–water partition coefficient (Wildman–Crippen LogP) is 3.04. The van der Waals surface area contributed by atoms with Gasteiger partial charge in [-0.1, -0.05) is 0 Å². The molecule has 2 N–H and O–H groups in total. The summed E-state index contributed by atoms with van der Waals surface area (Å²) in [5, 5.41) is 20.1. The third kappa shape index (κ3) is 3.77. The van der Waals surface area contributed by atoms with E-state index in [2.05, 4.69) is 0 Å². The highest BCUT2D eigenvalue weighted by Gasteiger charge is 2.47. The second-order valence-corrected chi connectivity index (χ2v) is 6.66. The average molecular weight is 343 g/mol. The van der Waals surface area contributed by atoms with Crippen molar-refractivity contribution in [2.24, 2.45) is 11.8 Å². The van der Waals surface area contributed by atoms with Crippen LogP contribution in [0, 0.1) is 33.2 Å².